The second-order valence-corrected chi connectivity index (χ2v) is 8.82. The first-order valence-electron chi connectivity index (χ1n) is 9.51. The third kappa shape index (κ3) is 5.10. The van der Waals surface area contributed by atoms with Crippen LogP contribution in [0.25, 0.3) is 0 Å². The van der Waals surface area contributed by atoms with Crippen molar-refractivity contribution in [2.45, 2.75) is 18.2 Å². The van der Waals surface area contributed by atoms with Gasteiger partial charge in [0.15, 0.2) is 17.3 Å². The Hall–Kier alpha value is -2.63. The Morgan fingerprint density at radius 1 is 1.13 bits per heavy atom. The molecule has 2 heterocycles. The van der Waals surface area contributed by atoms with Crippen LogP contribution in [-0.4, -0.2) is 75.6 Å². The zero-order chi connectivity index (χ0) is 21.7. The molecule has 164 valence electrons. The quantitative estimate of drug-likeness (QED) is 0.657. The minimum absolute atomic E-state index is 0.163. The Balaban J connectivity index is 1.52. The van der Waals surface area contributed by atoms with E-state index in [0.717, 1.165) is 0 Å². The van der Waals surface area contributed by atoms with Crippen molar-refractivity contribution < 1.29 is 27.2 Å². The maximum atomic E-state index is 13.0. The Labute approximate surface area is 175 Å². The van der Waals surface area contributed by atoms with E-state index >= 15 is 0 Å². The van der Waals surface area contributed by atoms with Gasteiger partial charge in [0.1, 0.15) is 5.76 Å². The van der Waals surface area contributed by atoms with Crippen molar-refractivity contribution in [1.29, 1.82) is 0 Å². The molecule has 1 N–H and O–H groups in total. The highest BCUT2D eigenvalue weighted by atomic mass is 32.2. The van der Waals surface area contributed by atoms with E-state index in [0.29, 0.717) is 55.8 Å². The average molecular weight is 439 g/mol. The molecular formula is C19H26N4O6S. The van der Waals surface area contributed by atoms with Gasteiger partial charge in [-0.3, -0.25) is 4.79 Å². The van der Waals surface area contributed by atoms with Crippen LogP contribution < -0.4 is 14.8 Å². The van der Waals surface area contributed by atoms with E-state index in [4.69, 9.17) is 14.0 Å². The zero-order valence-electron chi connectivity index (χ0n) is 17.3. The molecule has 0 saturated carbocycles. The third-order valence-electron chi connectivity index (χ3n) is 4.87. The summed E-state index contributed by atoms with van der Waals surface area (Å²) < 4.78 is 42.7. The van der Waals surface area contributed by atoms with E-state index in [2.05, 4.69) is 15.4 Å². The van der Waals surface area contributed by atoms with Crippen molar-refractivity contribution in [3.8, 4) is 11.5 Å². The van der Waals surface area contributed by atoms with Gasteiger partial charge < -0.3 is 24.2 Å². The first-order chi connectivity index (χ1) is 14.3. The number of nitrogens with one attached hydrogen (secondary N) is 1. The van der Waals surface area contributed by atoms with Crippen molar-refractivity contribution in [1.82, 2.24) is 14.4 Å². The summed E-state index contributed by atoms with van der Waals surface area (Å²) in [7, 11) is -0.676. The maximum Gasteiger partial charge on any atom is 0.243 e. The van der Waals surface area contributed by atoms with Crippen LogP contribution in [0.2, 0.25) is 0 Å². The molecular weight excluding hydrogens is 412 g/mol. The zero-order valence-corrected chi connectivity index (χ0v) is 18.1. The molecule has 0 bridgehead atoms. The third-order valence-corrected chi connectivity index (χ3v) is 6.77. The van der Waals surface area contributed by atoms with Crippen LogP contribution in [0.15, 0.2) is 33.7 Å². The van der Waals surface area contributed by atoms with Crippen LogP contribution in [-0.2, 0) is 14.8 Å². The molecule has 10 nitrogen and oxygen atoms in total. The van der Waals surface area contributed by atoms with Crippen molar-refractivity contribution in [3.63, 3.8) is 0 Å². The number of rotatable bonds is 8. The SMILES string of the molecule is COc1ccc(S(=O)(=O)N2CCN(CCC(=O)Nc3cc(C)on3)CC2)cc1OC. The van der Waals surface area contributed by atoms with Gasteiger partial charge >= 0.3 is 0 Å². The van der Waals surface area contributed by atoms with Crippen LogP contribution in [0.5, 0.6) is 11.5 Å². The van der Waals surface area contributed by atoms with Crippen LogP contribution in [0.3, 0.4) is 0 Å². The number of hydrogen-bond acceptors (Lipinski definition) is 8. The highest BCUT2D eigenvalue weighted by Gasteiger charge is 2.29. The molecule has 1 saturated heterocycles. The number of benzene rings is 1. The molecule has 1 aliphatic rings. The first-order valence-corrected chi connectivity index (χ1v) is 10.9. The molecule has 1 amide bonds. The van der Waals surface area contributed by atoms with E-state index in [9.17, 15) is 13.2 Å². The van der Waals surface area contributed by atoms with Gasteiger partial charge in [0.05, 0.1) is 19.1 Å². The molecule has 11 heteroatoms. The summed E-state index contributed by atoms with van der Waals surface area (Å²) in [5.41, 5.74) is 0. The van der Waals surface area contributed by atoms with Gasteiger partial charge in [0, 0.05) is 51.3 Å². The van der Waals surface area contributed by atoms with Crippen molar-refractivity contribution in [3.05, 3.63) is 30.0 Å². The van der Waals surface area contributed by atoms with E-state index in [1.54, 1.807) is 19.1 Å². The highest BCUT2D eigenvalue weighted by molar-refractivity contribution is 7.89. The molecule has 0 radical (unpaired) electrons. The number of aromatic nitrogens is 1. The lowest BCUT2D eigenvalue weighted by Crippen LogP contribution is -2.49. The number of ether oxygens (including phenoxy) is 2. The Morgan fingerprint density at radius 3 is 2.43 bits per heavy atom. The van der Waals surface area contributed by atoms with Gasteiger partial charge in [0.2, 0.25) is 15.9 Å². The Kier molecular flexibility index (Phi) is 6.95. The van der Waals surface area contributed by atoms with Gasteiger partial charge in [-0.2, -0.15) is 4.31 Å². The van der Waals surface area contributed by atoms with E-state index in [-0.39, 0.29) is 17.2 Å². The fraction of sp³-hybridized carbons (Fsp3) is 0.474. The molecule has 0 spiro atoms. The summed E-state index contributed by atoms with van der Waals surface area (Å²) in [6.45, 7) is 4.07. The number of methoxy groups -OCH3 is 2. The number of carbonyl (C=O) groups excluding carboxylic acids is 1. The fourth-order valence-corrected chi connectivity index (χ4v) is 4.65. The molecule has 0 aliphatic carbocycles. The van der Waals surface area contributed by atoms with Crippen LogP contribution in [0.1, 0.15) is 12.2 Å². The summed E-state index contributed by atoms with van der Waals surface area (Å²) in [6, 6.07) is 6.21. The lowest BCUT2D eigenvalue weighted by Gasteiger charge is -2.33. The molecule has 1 aromatic heterocycles. The van der Waals surface area contributed by atoms with Crippen LogP contribution in [0, 0.1) is 6.92 Å². The minimum atomic E-state index is -3.64. The van der Waals surface area contributed by atoms with Gasteiger partial charge in [-0.05, 0) is 19.1 Å². The van der Waals surface area contributed by atoms with Gasteiger partial charge in [0.25, 0.3) is 0 Å². The largest absolute Gasteiger partial charge is 0.493 e. The number of piperazine rings is 1. The summed E-state index contributed by atoms with van der Waals surface area (Å²) in [5.74, 6) is 1.69. The summed E-state index contributed by atoms with van der Waals surface area (Å²) in [6.07, 6.45) is 0.286. The predicted molar refractivity (Wildman–Crippen MR) is 109 cm³/mol. The molecule has 0 atom stereocenters. The Morgan fingerprint density at radius 2 is 1.83 bits per heavy atom. The molecule has 1 aromatic carbocycles. The predicted octanol–water partition coefficient (Wildman–Crippen LogP) is 1.34. The molecule has 3 rings (SSSR count). The van der Waals surface area contributed by atoms with Gasteiger partial charge in [-0.15, -0.1) is 0 Å². The summed E-state index contributed by atoms with van der Waals surface area (Å²) in [4.78, 5) is 14.3. The van der Waals surface area contributed by atoms with Crippen LogP contribution >= 0.6 is 0 Å². The second-order valence-electron chi connectivity index (χ2n) is 6.88. The second kappa shape index (κ2) is 9.45. The number of nitrogens with zero attached hydrogens (tertiary/aromatic N) is 3. The summed E-state index contributed by atoms with van der Waals surface area (Å²) in [5, 5.41) is 6.41. The fourth-order valence-electron chi connectivity index (χ4n) is 3.21. The standard InChI is InChI=1S/C19H26N4O6S/c1-14-12-18(21-29-14)20-19(24)6-7-22-8-10-23(11-9-22)30(25,26)15-4-5-16(27-2)17(13-15)28-3/h4-5,12-13H,6-11H2,1-3H3,(H,20,21,24). The number of aryl methyl sites for hydroxylation is 1. The molecule has 1 fully saturated rings. The molecule has 1 aliphatic heterocycles. The minimum Gasteiger partial charge on any atom is -0.493 e. The monoisotopic (exact) mass is 438 g/mol. The Bertz CT molecular complexity index is 983. The van der Waals surface area contributed by atoms with Crippen molar-refractivity contribution in [2.24, 2.45) is 0 Å². The highest BCUT2D eigenvalue weighted by Crippen LogP contribution is 2.30. The first kappa shape index (κ1) is 22.1. The number of hydrogen-bond donors (Lipinski definition) is 1. The number of anilines is 1. The van der Waals surface area contributed by atoms with Crippen molar-refractivity contribution in [2.75, 3.05) is 52.3 Å². The number of sulfonamides is 1. The van der Waals surface area contributed by atoms with E-state index in [1.807, 2.05) is 0 Å². The topological polar surface area (TPSA) is 114 Å². The van der Waals surface area contributed by atoms with E-state index in [1.165, 1.54) is 30.7 Å². The summed E-state index contributed by atoms with van der Waals surface area (Å²) >= 11 is 0. The maximum absolute atomic E-state index is 13.0. The molecule has 0 unspecified atom stereocenters. The van der Waals surface area contributed by atoms with Gasteiger partial charge in [-0.25, -0.2) is 8.42 Å². The van der Waals surface area contributed by atoms with Crippen LogP contribution in [0.4, 0.5) is 5.82 Å². The van der Waals surface area contributed by atoms with E-state index < -0.39 is 10.0 Å². The lowest BCUT2D eigenvalue weighted by atomic mass is 10.3. The molecule has 2 aromatic rings. The molecule has 30 heavy (non-hydrogen) atoms. The smallest absolute Gasteiger partial charge is 0.243 e. The lowest BCUT2D eigenvalue weighted by molar-refractivity contribution is -0.116. The normalized spacial score (nSPS) is 15.7. The van der Waals surface area contributed by atoms with Crippen molar-refractivity contribution >= 4 is 21.7 Å². The average Bonchev–Trinajstić information content (AvgIpc) is 3.16. The van der Waals surface area contributed by atoms with Gasteiger partial charge in [-0.1, -0.05) is 5.16 Å². The number of amides is 1. The number of carbonyl (C=O) groups is 1.